The van der Waals surface area contributed by atoms with Crippen molar-refractivity contribution in [3.8, 4) is 11.5 Å². The molecule has 1 aromatic rings. The number of halogens is 1. The Balaban J connectivity index is 0.00000161. The van der Waals surface area contributed by atoms with Gasteiger partial charge in [-0.25, -0.2) is 0 Å². The third-order valence-corrected chi connectivity index (χ3v) is 4.61. The molecular weight excluding hydrogens is 308 g/mol. The highest BCUT2D eigenvalue weighted by Crippen LogP contribution is 2.37. The van der Waals surface area contributed by atoms with Gasteiger partial charge in [0, 0.05) is 37.1 Å². The van der Waals surface area contributed by atoms with Gasteiger partial charge in [-0.2, -0.15) is 0 Å². The Kier molecular flexibility index (Phi) is 6.05. The van der Waals surface area contributed by atoms with E-state index in [0.717, 1.165) is 37.7 Å². The van der Waals surface area contributed by atoms with Crippen molar-refractivity contribution in [2.75, 3.05) is 39.1 Å². The second-order valence-corrected chi connectivity index (χ2v) is 6.25. The highest BCUT2D eigenvalue weighted by molar-refractivity contribution is 7.98. The zero-order chi connectivity index (χ0) is 13.9. The number of nitrogens with one attached hydrogen (secondary N) is 1. The first-order valence-corrected chi connectivity index (χ1v) is 8.41. The Morgan fingerprint density at radius 2 is 2.00 bits per heavy atom. The minimum atomic E-state index is 0. The second kappa shape index (κ2) is 7.58. The van der Waals surface area contributed by atoms with Crippen LogP contribution in [0.5, 0.6) is 11.5 Å². The van der Waals surface area contributed by atoms with Crippen molar-refractivity contribution < 1.29 is 9.47 Å². The fourth-order valence-electron chi connectivity index (χ4n) is 2.82. The average Bonchev–Trinajstić information content (AvgIpc) is 2.46. The van der Waals surface area contributed by atoms with Crippen LogP contribution >= 0.6 is 24.2 Å². The zero-order valence-corrected chi connectivity index (χ0v) is 14.2. The number of benzene rings is 1. The molecule has 1 unspecified atom stereocenters. The lowest BCUT2D eigenvalue weighted by Crippen LogP contribution is -2.48. The number of piperazine rings is 1. The lowest BCUT2D eigenvalue weighted by Gasteiger charge is -2.32. The number of ether oxygens (including phenoxy) is 2. The van der Waals surface area contributed by atoms with Crippen LogP contribution in [-0.4, -0.2) is 50.0 Å². The number of thioether (sulfide) groups is 1. The molecule has 1 aromatic carbocycles. The van der Waals surface area contributed by atoms with E-state index in [4.69, 9.17) is 9.47 Å². The summed E-state index contributed by atoms with van der Waals surface area (Å²) < 4.78 is 11.4. The van der Waals surface area contributed by atoms with Crippen molar-refractivity contribution in [1.82, 2.24) is 10.2 Å². The Hall–Kier alpha value is -0.620. The first-order chi connectivity index (χ1) is 9.76. The molecule has 0 aliphatic carbocycles. The van der Waals surface area contributed by atoms with Crippen molar-refractivity contribution in [2.24, 2.45) is 0 Å². The molecule has 21 heavy (non-hydrogen) atoms. The summed E-state index contributed by atoms with van der Waals surface area (Å²) in [7, 11) is 0. The van der Waals surface area contributed by atoms with E-state index in [1.54, 1.807) is 11.8 Å². The first-order valence-electron chi connectivity index (χ1n) is 7.18. The minimum Gasteiger partial charge on any atom is -0.486 e. The topological polar surface area (TPSA) is 33.7 Å². The molecule has 0 radical (unpaired) electrons. The summed E-state index contributed by atoms with van der Waals surface area (Å²) in [6.45, 7) is 7.80. The summed E-state index contributed by atoms with van der Waals surface area (Å²) in [5, 5.41) is 3.48. The molecule has 0 bridgehead atoms. The van der Waals surface area contributed by atoms with Crippen molar-refractivity contribution in [1.29, 1.82) is 0 Å². The molecule has 1 N–H and O–H groups in total. The standard InChI is InChI=1S/C15H22N2O2S.ClH/c1-11-9-17(4-3-16-11)10-12-7-13-14(8-15(12)20-2)19-6-5-18-13;/h7-8,11,16H,3-6,9-10H2,1-2H3;1H. The molecule has 2 heterocycles. The van der Waals surface area contributed by atoms with Gasteiger partial charge in [-0.15, -0.1) is 24.2 Å². The van der Waals surface area contributed by atoms with Crippen molar-refractivity contribution in [2.45, 2.75) is 24.4 Å². The lowest BCUT2D eigenvalue weighted by atomic mass is 10.1. The molecule has 2 aliphatic rings. The molecule has 0 saturated carbocycles. The summed E-state index contributed by atoms with van der Waals surface area (Å²) >= 11 is 1.78. The van der Waals surface area contributed by atoms with Crippen LogP contribution in [0, 0.1) is 0 Å². The van der Waals surface area contributed by atoms with Crippen LogP contribution in [0.15, 0.2) is 17.0 Å². The van der Waals surface area contributed by atoms with Crippen molar-refractivity contribution in [3.05, 3.63) is 17.7 Å². The van der Waals surface area contributed by atoms with Gasteiger partial charge in [0.1, 0.15) is 13.2 Å². The largest absolute Gasteiger partial charge is 0.486 e. The van der Waals surface area contributed by atoms with Gasteiger partial charge in [0.15, 0.2) is 11.5 Å². The Labute approximate surface area is 137 Å². The lowest BCUT2D eigenvalue weighted by molar-refractivity contribution is 0.169. The van der Waals surface area contributed by atoms with Crippen molar-refractivity contribution >= 4 is 24.2 Å². The average molecular weight is 331 g/mol. The van der Waals surface area contributed by atoms with Crippen LogP contribution in [0.25, 0.3) is 0 Å². The molecule has 6 heteroatoms. The zero-order valence-electron chi connectivity index (χ0n) is 12.6. The monoisotopic (exact) mass is 330 g/mol. The molecule has 118 valence electrons. The predicted octanol–water partition coefficient (Wildman–Crippen LogP) is 2.40. The van der Waals surface area contributed by atoms with E-state index in [0.29, 0.717) is 19.3 Å². The van der Waals surface area contributed by atoms with Crippen LogP contribution in [0.4, 0.5) is 0 Å². The van der Waals surface area contributed by atoms with Crippen LogP contribution in [0.1, 0.15) is 12.5 Å². The van der Waals surface area contributed by atoms with Crippen LogP contribution < -0.4 is 14.8 Å². The fourth-order valence-corrected chi connectivity index (χ4v) is 3.43. The molecule has 0 amide bonds. The Morgan fingerprint density at radius 1 is 1.29 bits per heavy atom. The van der Waals surface area contributed by atoms with Gasteiger partial charge in [-0.1, -0.05) is 0 Å². The van der Waals surface area contributed by atoms with Gasteiger partial charge in [0.25, 0.3) is 0 Å². The van der Waals surface area contributed by atoms with Crippen LogP contribution in [-0.2, 0) is 6.54 Å². The molecule has 1 fully saturated rings. The van der Waals surface area contributed by atoms with Gasteiger partial charge in [-0.05, 0) is 30.9 Å². The van der Waals surface area contributed by atoms with Gasteiger partial charge in [0.2, 0.25) is 0 Å². The molecule has 2 aliphatic heterocycles. The number of hydrogen-bond acceptors (Lipinski definition) is 5. The van der Waals surface area contributed by atoms with E-state index in [2.05, 4.69) is 35.5 Å². The van der Waals surface area contributed by atoms with E-state index in [9.17, 15) is 0 Å². The van der Waals surface area contributed by atoms with Gasteiger partial charge >= 0.3 is 0 Å². The summed E-state index contributed by atoms with van der Waals surface area (Å²) in [6.07, 6.45) is 2.12. The van der Waals surface area contributed by atoms with E-state index >= 15 is 0 Å². The van der Waals surface area contributed by atoms with E-state index < -0.39 is 0 Å². The smallest absolute Gasteiger partial charge is 0.162 e. The maximum absolute atomic E-state index is 5.71. The molecule has 0 spiro atoms. The number of fused-ring (bicyclic) bond motifs is 1. The number of hydrogen-bond donors (Lipinski definition) is 1. The maximum Gasteiger partial charge on any atom is 0.162 e. The van der Waals surface area contributed by atoms with Crippen LogP contribution in [0.3, 0.4) is 0 Å². The number of nitrogens with zero attached hydrogens (tertiary/aromatic N) is 1. The Bertz CT molecular complexity index is 487. The molecular formula is C15H23ClN2O2S. The summed E-state index contributed by atoms with van der Waals surface area (Å²) in [5.41, 5.74) is 1.34. The van der Waals surface area contributed by atoms with E-state index in [1.807, 2.05) is 0 Å². The molecule has 0 aromatic heterocycles. The maximum atomic E-state index is 5.71. The fraction of sp³-hybridized carbons (Fsp3) is 0.600. The van der Waals surface area contributed by atoms with E-state index in [1.165, 1.54) is 10.5 Å². The highest BCUT2D eigenvalue weighted by atomic mass is 35.5. The van der Waals surface area contributed by atoms with E-state index in [-0.39, 0.29) is 12.4 Å². The van der Waals surface area contributed by atoms with Crippen molar-refractivity contribution in [3.63, 3.8) is 0 Å². The third-order valence-electron chi connectivity index (χ3n) is 3.79. The minimum absolute atomic E-state index is 0. The summed E-state index contributed by atoms with van der Waals surface area (Å²) in [5.74, 6) is 1.78. The number of rotatable bonds is 3. The van der Waals surface area contributed by atoms with Crippen LogP contribution in [0.2, 0.25) is 0 Å². The van der Waals surface area contributed by atoms with Gasteiger partial charge in [-0.3, -0.25) is 4.90 Å². The SMILES string of the molecule is CSc1cc2c(cc1CN1CCNC(C)C1)OCCO2.Cl. The predicted molar refractivity (Wildman–Crippen MR) is 89.2 cm³/mol. The third kappa shape index (κ3) is 3.97. The molecule has 1 atom stereocenters. The summed E-state index contributed by atoms with van der Waals surface area (Å²) in [6, 6.07) is 4.85. The normalized spacial score (nSPS) is 21.7. The van der Waals surface area contributed by atoms with Gasteiger partial charge < -0.3 is 14.8 Å². The second-order valence-electron chi connectivity index (χ2n) is 5.40. The molecule has 3 rings (SSSR count). The highest BCUT2D eigenvalue weighted by Gasteiger charge is 2.20. The first kappa shape index (κ1) is 16.7. The Morgan fingerprint density at radius 3 is 2.67 bits per heavy atom. The molecule has 1 saturated heterocycles. The van der Waals surface area contributed by atoms with Gasteiger partial charge in [0.05, 0.1) is 0 Å². The quantitative estimate of drug-likeness (QED) is 0.861. The molecule has 4 nitrogen and oxygen atoms in total. The summed E-state index contributed by atoms with van der Waals surface area (Å²) in [4.78, 5) is 3.80.